The van der Waals surface area contributed by atoms with E-state index >= 15 is 0 Å². The lowest BCUT2D eigenvalue weighted by Gasteiger charge is -2.14. The number of nitrogens with zero attached hydrogens (tertiary/aromatic N) is 1. The molecule has 1 saturated heterocycles. The Kier molecular flexibility index (Phi) is 9.36. The molecule has 3 rings (SSSR count). The molecule has 2 amide bonds. The minimum absolute atomic E-state index is 0.0553. The molecule has 1 fully saturated rings. The molecule has 180 valence electrons. The number of para-hydroxylation sites is 1. The van der Waals surface area contributed by atoms with Gasteiger partial charge in [-0.05, 0) is 42.8 Å². The fraction of sp³-hybridized carbons (Fsp3) is 0.227. The average Bonchev–Trinajstić information content (AvgIpc) is 3.03. The van der Waals surface area contributed by atoms with Crippen LogP contribution in [0.5, 0.6) is 5.75 Å². The molecule has 1 N–H and O–H groups in total. The zero-order chi connectivity index (χ0) is 24.7. The zero-order valence-electron chi connectivity index (χ0n) is 17.4. The Morgan fingerprint density at radius 2 is 1.85 bits per heavy atom. The van der Waals surface area contributed by atoms with Crippen LogP contribution in [0, 0.1) is 0 Å². The maximum absolute atomic E-state index is 12.7. The lowest BCUT2D eigenvalue weighted by atomic mass is 10.2. The van der Waals surface area contributed by atoms with Gasteiger partial charge in [-0.3, -0.25) is 14.5 Å². The Morgan fingerprint density at radius 3 is 2.53 bits per heavy atom. The van der Waals surface area contributed by atoms with Crippen molar-refractivity contribution >= 4 is 63.6 Å². The predicted octanol–water partition coefficient (Wildman–Crippen LogP) is 6.22. The number of thiocarbonyl (C=S) groups is 1. The van der Waals surface area contributed by atoms with Crippen LogP contribution in [0.3, 0.4) is 0 Å². The number of anilines is 1. The number of nitrogens with one attached hydrogen (secondary N) is 1. The van der Waals surface area contributed by atoms with E-state index in [0.29, 0.717) is 38.6 Å². The molecule has 0 radical (unpaired) electrons. The molecule has 0 spiro atoms. The highest BCUT2D eigenvalue weighted by molar-refractivity contribution is 8.26. The highest BCUT2D eigenvalue weighted by Crippen LogP contribution is 2.34. The van der Waals surface area contributed by atoms with Crippen LogP contribution in [-0.4, -0.2) is 39.9 Å². The third kappa shape index (κ3) is 7.47. The van der Waals surface area contributed by atoms with Gasteiger partial charge in [0.25, 0.3) is 11.7 Å². The summed E-state index contributed by atoms with van der Waals surface area (Å²) in [5, 5.41) is 2.67. The largest absolute Gasteiger partial charge is 0.434 e. The fourth-order valence-electron chi connectivity index (χ4n) is 2.98. The highest BCUT2D eigenvalue weighted by Gasteiger charge is 2.32. The first-order valence-electron chi connectivity index (χ1n) is 9.87. The Balaban J connectivity index is 1.53. The van der Waals surface area contributed by atoms with E-state index in [1.54, 1.807) is 18.2 Å². The van der Waals surface area contributed by atoms with Crippen LogP contribution >= 0.6 is 35.7 Å². The van der Waals surface area contributed by atoms with E-state index < -0.39 is 12.4 Å². The number of amides is 2. The van der Waals surface area contributed by atoms with Crippen molar-refractivity contribution in [3.05, 3.63) is 59.0 Å². The third-order valence-electron chi connectivity index (χ3n) is 4.44. The minimum Gasteiger partial charge on any atom is -0.434 e. The Hall–Kier alpha value is -2.57. The van der Waals surface area contributed by atoms with Crippen molar-refractivity contribution in [3.8, 4) is 5.75 Å². The quantitative estimate of drug-likeness (QED) is 0.170. The molecule has 2 aromatic carbocycles. The first-order valence-corrected chi connectivity index (χ1v) is 12.0. The summed E-state index contributed by atoms with van der Waals surface area (Å²) in [5.41, 5.74) is 0.794. The van der Waals surface area contributed by atoms with Crippen LogP contribution in [0.1, 0.15) is 18.4 Å². The van der Waals surface area contributed by atoms with Gasteiger partial charge < -0.3 is 10.1 Å². The summed E-state index contributed by atoms with van der Waals surface area (Å²) >= 11 is 6.72. The summed E-state index contributed by atoms with van der Waals surface area (Å²) in [5.74, 6) is -3.25. The summed E-state index contributed by atoms with van der Waals surface area (Å²) in [4.78, 5) is 26.9. The maximum Gasteiger partial charge on any atom is 0.387 e. The van der Waals surface area contributed by atoms with Crippen molar-refractivity contribution in [1.82, 2.24) is 4.90 Å². The lowest BCUT2D eigenvalue weighted by Crippen LogP contribution is -2.29. The van der Waals surface area contributed by atoms with Gasteiger partial charge >= 0.3 is 6.61 Å². The molecule has 0 unspecified atom stereocenters. The van der Waals surface area contributed by atoms with E-state index in [0.717, 1.165) is 11.8 Å². The van der Waals surface area contributed by atoms with Crippen LogP contribution in [-0.2, 0) is 9.59 Å². The van der Waals surface area contributed by atoms with E-state index in [1.165, 1.54) is 41.3 Å². The molecule has 12 heteroatoms. The van der Waals surface area contributed by atoms with Crippen LogP contribution in [0.2, 0.25) is 0 Å². The average molecular weight is 531 g/mol. The second-order valence-electron chi connectivity index (χ2n) is 6.80. The van der Waals surface area contributed by atoms with E-state index in [9.17, 15) is 27.2 Å². The lowest BCUT2D eigenvalue weighted by molar-refractivity contribution is -0.122. The van der Waals surface area contributed by atoms with Crippen molar-refractivity contribution in [2.75, 3.05) is 11.9 Å². The van der Waals surface area contributed by atoms with Crippen LogP contribution < -0.4 is 10.1 Å². The van der Waals surface area contributed by atoms with Gasteiger partial charge in [-0.25, -0.2) is 0 Å². The second-order valence-corrected chi connectivity index (χ2v) is 9.54. The predicted molar refractivity (Wildman–Crippen MR) is 129 cm³/mol. The Morgan fingerprint density at radius 1 is 1.15 bits per heavy atom. The SMILES string of the molecule is O=C(CCCN1C(=O)/C(=C/c2ccccc2OC(F)F)SC1=S)Nc1ccc(SC(F)F)cc1. The van der Waals surface area contributed by atoms with Gasteiger partial charge in [-0.1, -0.05) is 53.9 Å². The molecule has 0 aromatic heterocycles. The van der Waals surface area contributed by atoms with Gasteiger partial charge in [0.05, 0.1) is 4.91 Å². The van der Waals surface area contributed by atoms with E-state index in [4.69, 9.17) is 12.2 Å². The third-order valence-corrected chi connectivity index (χ3v) is 6.54. The van der Waals surface area contributed by atoms with Gasteiger partial charge in [-0.15, -0.1) is 0 Å². The Bertz CT molecular complexity index is 1080. The molecule has 1 aliphatic rings. The minimum atomic E-state index is -3.00. The molecule has 34 heavy (non-hydrogen) atoms. The summed E-state index contributed by atoms with van der Waals surface area (Å²) in [6.45, 7) is -2.79. The molecule has 0 atom stereocenters. The molecule has 0 aliphatic carbocycles. The normalized spacial score (nSPS) is 15.0. The smallest absolute Gasteiger partial charge is 0.387 e. The number of hydrogen-bond donors (Lipinski definition) is 1. The van der Waals surface area contributed by atoms with E-state index in [2.05, 4.69) is 10.1 Å². The Labute approximate surface area is 206 Å². The van der Waals surface area contributed by atoms with Crippen molar-refractivity contribution < 1.29 is 31.9 Å². The molecule has 1 aliphatic heterocycles. The van der Waals surface area contributed by atoms with Crippen LogP contribution in [0.4, 0.5) is 23.2 Å². The van der Waals surface area contributed by atoms with E-state index in [-0.39, 0.29) is 35.4 Å². The van der Waals surface area contributed by atoms with Gasteiger partial charge in [0.1, 0.15) is 10.1 Å². The van der Waals surface area contributed by atoms with Gasteiger partial charge in [0.2, 0.25) is 5.91 Å². The number of ether oxygens (including phenoxy) is 1. The monoisotopic (exact) mass is 530 g/mol. The van der Waals surface area contributed by atoms with Crippen molar-refractivity contribution in [1.29, 1.82) is 0 Å². The topological polar surface area (TPSA) is 58.6 Å². The summed E-state index contributed by atoms with van der Waals surface area (Å²) in [6.07, 6.45) is 1.88. The van der Waals surface area contributed by atoms with Crippen molar-refractivity contribution in [2.45, 2.75) is 30.1 Å². The van der Waals surface area contributed by atoms with Crippen LogP contribution in [0.25, 0.3) is 6.08 Å². The van der Waals surface area contributed by atoms with Gasteiger partial charge in [0, 0.05) is 29.1 Å². The number of halogens is 4. The number of thioether (sulfide) groups is 2. The number of benzene rings is 2. The molecule has 1 heterocycles. The summed E-state index contributed by atoms with van der Waals surface area (Å²) in [7, 11) is 0. The first kappa shape index (κ1) is 26.0. The van der Waals surface area contributed by atoms with Crippen molar-refractivity contribution in [3.63, 3.8) is 0 Å². The standard InChI is InChI=1S/C22H18F4N2O3S3/c23-20(24)31-16-5-2-1-4-13(16)12-17-19(30)28(22(32)34-17)11-3-6-18(29)27-14-7-9-15(10-8-14)33-21(25)26/h1-2,4-5,7-10,12,20-21H,3,6,11H2,(H,27,29)/b17-12-. The molecule has 5 nitrogen and oxygen atoms in total. The molecule has 2 aromatic rings. The first-order chi connectivity index (χ1) is 16.2. The molecule has 0 bridgehead atoms. The summed E-state index contributed by atoms with van der Waals surface area (Å²) < 4.78 is 54.8. The van der Waals surface area contributed by atoms with E-state index in [1.807, 2.05) is 0 Å². The van der Waals surface area contributed by atoms with Crippen LogP contribution in [0.15, 0.2) is 58.3 Å². The number of rotatable bonds is 10. The molecular weight excluding hydrogens is 512 g/mol. The fourth-order valence-corrected chi connectivity index (χ4v) is 4.78. The zero-order valence-corrected chi connectivity index (χ0v) is 19.8. The summed E-state index contributed by atoms with van der Waals surface area (Å²) in [6, 6.07) is 12.1. The van der Waals surface area contributed by atoms with Gasteiger partial charge in [-0.2, -0.15) is 17.6 Å². The maximum atomic E-state index is 12.7. The molecule has 0 saturated carbocycles. The number of carbonyl (C=O) groups is 2. The van der Waals surface area contributed by atoms with Crippen molar-refractivity contribution in [2.24, 2.45) is 0 Å². The number of alkyl halides is 4. The highest BCUT2D eigenvalue weighted by atomic mass is 32.2. The van der Waals surface area contributed by atoms with Gasteiger partial charge in [0.15, 0.2) is 0 Å². The number of carbonyl (C=O) groups excluding carboxylic acids is 2. The number of hydrogen-bond acceptors (Lipinski definition) is 6. The second kappa shape index (κ2) is 12.2. The molecular formula is C22H18F4N2O3S3.